The first kappa shape index (κ1) is 22.0. The smallest absolute Gasteiger partial charge is 0.282 e. The molecule has 0 saturated carbocycles. The van der Waals surface area contributed by atoms with Gasteiger partial charge in [-0.2, -0.15) is 0 Å². The second-order valence-electron chi connectivity index (χ2n) is 8.29. The molecular formula is C27H25N3O3. The predicted octanol–water partition coefficient (Wildman–Crippen LogP) is 4.97. The Labute approximate surface area is 192 Å². The van der Waals surface area contributed by atoms with Crippen LogP contribution in [0, 0.1) is 20.8 Å². The van der Waals surface area contributed by atoms with E-state index in [2.05, 4.69) is 10.6 Å². The first-order chi connectivity index (χ1) is 15.7. The van der Waals surface area contributed by atoms with E-state index in [1.54, 1.807) is 24.3 Å². The molecule has 0 atom stereocenters. The summed E-state index contributed by atoms with van der Waals surface area (Å²) in [7, 11) is 0. The monoisotopic (exact) mass is 439 g/mol. The van der Waals surface area contributed by atoms with Gasteiger partial charge >= 0.3 is 0 Å². The number of carbonyl (C=O) groups excluding carboxylic acids is 3. The number of imide groups is 1. The lowest BCUT2D eigenvalue weighted by molar-refractivity contribution is -0.120. The lowest BCUT2D eigenvalue weighted by atomic mass is 10.0. The lowest BCUT2D eigenvalue weighted by Crippen LogP contribution is -2.32. The number of hydrogen-bond acceptors (Lipinski definition) is 4. The van der Waals surface area contributed by atoms with Crippen molar-refractivity contribution in [2.45, 2.75) is 27.7 Å². The van der Waals surface area contributed by atoms with Gasteiger partial charge in [-0.1, -0.05) is 30.3 Å². The second kappa shape index (κ2) is 8.74. The molecule has 2 N–H and O–H groups in total. The first-order valence-corrected chi connectivity index (χ1v) is 10.7. The average Bonchev–Trinajstić information content (AvgIpc) is 2.97. The number of hydrogen-bond donors (Lipinski definition) is 2. The van der Waals surface area contributed by atoms with E-state index >= 15 is 0 Å². The van der Waals surface area contributed by atoms with E-state index in [9.17, 15) is 14.4 Å². The Morgan fingerprint density at radius 3 is 2.03 bits per heavy atom. The Morgan fingerprint density at radius 2 is 1.42 bits per heavy atom. The zero-order chi connectivity index (χ0) is 23.7. The van der Waals surface area contributed by atoms with Gasteiger partial charge in [-0.15, -0.1) is 0 Å². The maximum Gasteiger partial charge on any atom is 0.282 e. The minimum Gasteiger partial charge on any atom is -0.350 e. The fraction of sp³-hybridized carbons (Fsp3) is 0.148. The highest BCUT2D eigenvalue weighted by Crippen LogP contribution is 2.35. The van der Waals surface area contributed by atoms with Crippen molar-refractivity contribution in [1.29, 1.82) is 0 Å². The first-order valence-electron chi connectivity index (χ1n) is 10.7. The van der Waals surface area contributed by atoms with Gasteiger partial charge in [-0.05, 0) is 79.4 Å². The highest BCUT2D eigenvalue weighted by Gasteiger charge is 2.40. The van der Waals surface area contributed by atoms with Crippen molar-refractivity contribution in [1.82, 2.24) is 0 Å². The van der Waals surface area contributed by atoms with Crippen LogP contribution in [0.25, 0.3) is 5.57 Å². The number of carbonyl (C=O) groups is 3. The van der Waals surface area contributed by atoms with Gasteiger partial charge in [-0.25, -0.2) is 4.90 Å². The van der Waals surface area contributed by atoms with Gasteiger partial charge in [0.15, 0.2) is 0 Å². The molecule has 4 rings (SSSR count). The van der Waals surface area contributed by atoms with Crippen LogP contribution in [-0.2, 0) is 14.4 Å². The third-order valence-corrected chi connectivity index (χ3v) is 5.33. The molecule has 0 bridgehead atoms. The van der Waals surface area contributed by atoms with Gasteiger partial charge < -0.3 is 10.6 Å². The number of benzene rings is 3. The molecule has 1 heterocycles. The molecule has 33 heavy (non-hydrogen) atoms. The standard InChI is InChI=1S/C27H25N3O3/c1-16-6-5-7-22(13-16)29-25-24(20-8-10-21(11-9-20)28-19(4)31)26(32)30(27(25)33)23-14-17(2)12-18(3)15-23/h5-15,29H,1-4H3,(H,28,31). The summed E-state index contributed by atoms with van der Waals surface area (Å²) in [6.07, 6.45) is 0. The number of nitrogens with zero attached hydrogens (tertiary/aromatic N) is 1. The van der Waals surface area contributed by atoms with Crippen LogP contribution in [0.2, 0.25) is 0 Å². The molecule has 0 fully saturated rings. The largest absolute Gasteiger partial charge is 0.350 e. The fourth-order valence-electron chi connectivity index (χ4n) is 4.02. The highest BCUT2D eigenvalue weighted by atomic mass is 16.2. The molecule has 166 valence electrons. The summed E-state index contributed by atoms with van der Waals surface area (Å²) < 4.78 is 0. The third kappa shape index (κ3) is 4.55. The summed E-state index contributed by atoms with van der Waals surface area (Å²) in [5, 5.41) is 5.90. The molecule has 0 saturated heterocycles. The SMILES string of the molecule is CC(=O)Nc1ccc(C2=C(Nc3cccc(C)c3)C(=O)N(c3cc(C)cc(C)c3)C2=O)cc1. The van der Waals surface area contributed by atoms with Crippen molar-refractivity contribution >= 4 is 40.4 Å². The van der Waals surface area contributed by atoms with E-state index in [-0.39, 0.29) is 17.2 Å². The minimum absolute atomic E-state index is 0.183. The topological polar surface area (TPSA) is 78.5 Å². The average molecular weight is 440 g/mol. The molecule has 1 aliphatic rings. The van der Waals surface area contributed by atoms with E-state index in [4.69, 9.17) is 0 Å². The Hall–Kier alpha value is -4.19. The summed E-state index contributed by atoms with van der Waals surface area (Å²) in [4.78, 5) is 39.7. The quantitative estimate of drug-likeness (QED) is 0.551. The molecule has 0 aromatic heterocycles. The van der Waals surface area contributed by atoms with E-state index in [1.165, 1.54) is 11.8 Å². The zero-order valence-electron chi connectivity index (χ0n) is 19.0. The number of anilines is 3. The van der Waals surface area contributed by atoms with Crippen LogP contribution < -0.4 is 15.5 Å². The van der Waals surface area contributed by atoms with Crippen LogP contribution in [0.1, 0.15) is 29.2 Å². The van der Waals surface area contributed by atoms with Crippen molar-refractivity contribution in [2.24, 2.45) is 0 Å². The summed E-state index contributed by atoms with van der Waals surface area (Å²) in [5.41, 5.74) is 5.93. The van der Waals surface area contributed by atoms with E-state index in [1.807, 2.05) is 63.2 Å². The molecule has 0 radical (unpaired) electrons. The van der Waals surface area contributed by atoms with Gasteiger partial charge in [0.25, 0.3) is 11.8 Å². The second-order valence-corrected chi connectivity index (χ2v) is 8.29. The summed E-state index contributed by atoms with van der Waals surface area (Å²) in [6, 6.07) is 20.2. The predicted molar refractivity (Wildman–Crippen MR) is 131 cm³/mol. The van der Waals surface area contributed by atoms with Crippen LogP contribution >= 0.6 is 0 Å². The number of aryl methyl sites for hydroxylation is 3. The Bertz CT molecular complexity index is 1290. The van der Waals surface area contributed by atoms with Gasteiger partial charge in [-0.3, -0.25) is 14.4 Å². The molecule has 6 heteroatoms. The Morgan fingerprint density at radius 1 is 0.758 bits per heavy atom. The maximum atomic E-state index is 13.6. The van der Waals surface area contributed by atoms with Crippen molar-refractivity contribution < 1.29 is 14.4 Å². The molecule has 3 aromatic rings. The summed E-state index contributed by atoms with van der Waals surface area (Å²) in [5.74, 6) is -0.989. The Balaban J connectivity index is 1.81. The number of amides is 3. The molecule has 1 aliphatic heterocycles. The van der Waals surface area contributed by atoms with Crippen LogP contribution in [-0.4, -0.2) is 17.7 Å². The van der Waals surface area contributed by atoms with Gasteiger partial charge in [0, 0.05) is 18.3 Å². The van der Waals surface area contributed by atoms with Crippen molar-refractivity contribution in [3.05, 3.63) is 94.7 Å². The van der Waals surface area contributed by atoms with E-state index in [0.29, 0.717) is 16.9 Å². The van der Waals surface area contributed by atoms with Crippen molar-refractivity contribution in [3.63, 3.8) is 0 Å². The van der Waals surface area contributed by atoms with Crippen LogP contribution in [0.15, 0.2) is 72.4 Å². The Kier molecular flexibility index (Phi) is 5.84. The molecule has 3 amide bonds. The van der Waals surface area contributed by atoms with Gasteiger partial charge in [0.1, 0.15) is 5.70 Å². The van der Waals surface area contributed by atoms with Crippen molar-refractivity contribution in [2.75, 3.05) is 15.5 Å². The van der Waals surface area contributed by atoms with Gasteiger partial charge in [0.05, 0.1) is 11.3 Å². The van der Waals surface area contributed by atoms with Gasteiger partial charge in [0.2, 0.25) is 5.91 Å². The molecule has 0 aliphatic carbocycles. The summed E-state index contributed by atoms with van der Waals surface area (Å²) in [6.45, 7) is 7.26. The van der Waals surface area contributed by atoms with Crippen LogP contribution in [0.3, 0.4) is 0 Å². The lowest BCUT2D eigenvalue weighted by Gasteiger charge is -2.17. The van der Waals surface area contributed by atoms with Crippen LogP contribution in [0.5, 0.6) is 0 Å². The highest BCUT2D eigenvalue weighted by molar-refractivity contribution is 6.46. The molecule has 0 unspecified atom stereocenters. The number of rotatable bonds is 5. The molecule has 0 spiro atoms. The molecule has 6 nitrogen and oxygen atoms in total. The molecular weight excluding hydrogens is 414 g/mol. The van der Waals surface area contributed by atoms with Crippen LogP contribution in [0.4, 0.5) is 17.1 Å². The minimum atomic E-state index is -0.410. The molecule has 3 aromatic carbocycles. The number of nitrogens with one attached hydrogen (secondary N) is 2. The normalized spacial score (nSPS) is 13.5. The summed E-state index contributed by atoms with van der Waals surface area (Å²) >= 11 is 0. The third-order valence-electron chi connectivity index (χ3n) is 5.33. The fourth-order valence-corrected chi connectivity index (χ4v) is 4.02. The van der Waals surface area contributed by atoms with Crippen molar-refractivity contribution in [3.8, 4) is 0 Å². The van der Waals surface area contributed by atoms with E-state index in [0.717, 1.165) is 22.4 Å². The maximum absolute atomic E-state index is 13.6. The zero-order valence-corrected chi connectivity index (χ0v) is 19.0. The van der Waals surface area contributed by atoms with E-state index < -0.39 is 11.8 Å².